The first-order valence-corrected chi connectivity index (χ1v) is 4.96. The Kier molecular flexibility index (Phi) is 2.37. The van der Waals surface area contributed by atoms with Crippen molar-refractivity contribution in [2.75, 3.05) is 0 Å². The summed E-state index contributed by atoms with van der Waals surface area (Å²) in [6.07, 6.45) is 4.22. The molecule has 0 atom stereocenters. The summed E-state index contributed by atoms with van der Waals surface area (Å²) < 4.78 is 0. The van der Waals surface area contributed by atoms with Gasteiger partial charge >= 0.3 is 0 Å². The molecule has 2 rings (SSSR count). The zero-order valence-corrected chi connectivity index (χ0v) is 8.41. The van der Waals surface area contributed by atoms with E-state index in [1.54, 1.807) is 12.4 Å². The average molecular weight is 204 g/mol. The number of nitrogens with zero attached hydrogens (tertiary/aromatic N) is 2. The van der Waals surface area contributed by atoms with Crippen LogP contribution in [-0.4, -0.2) is 16.3 Å². The van der Waals surface area contributed by atoms with Gasteiger partial charge in [-0.3, -0.25) is 9.78 Å². The molecule has 0 aromatic carbocycles. The molecule has 4 heteroatoms. The number of hydrogen-bond acceptors (Lipinski definition) is 4. The first kappa shape index (κ1) is 9.02. The van der Waals surface area contributed by atoms with Crippen molar-refractivity contribution in [2.45, 2.75) is 6.92 Å². The first-order chi connectivity index (χ1) is 6.81. The molecule has 0 N–H and O–H groups in total. The molecular weight excluding hydrogens is 196 g/mol. The van der Waals surface area contributed by atoms with Gasteiger partial charge in [-0.05, 0) is 19.1 Å². The van der Waals surface area contributed by atoms with Gasteiger partial charge in [-0.2, -0.15) is 0 Å². The minimum Gasteiger partial charge on any atom is -0.296 e. The van der Waals surface area contributed by atoms with Crippen LogP contribution in [0.4, 0.5) is 0 Å². The molecule has 0 aliphatic carbocycles. The van der Waals surface area contributed by atoms with Gasteiger partial charge in [-0.25, -0.2) is 4.98 Å². The first-order valence-electron chi connectivity index (χ1n) is 4.14. The molecule has 0 spiro atoms. The highest BCUT2D eigenvalue weighted by Crippen LogP contribution is 2.25. The van der Waals surface area contributed by atoms with Crippen LogP contribution in [0.5, 0.6) is 0 Å². The number of aromatic nitrogens is 2. The highest BCUT2D eigenvalue weighted by atomic mass is 32.1. The van der Waals surface area contributed by atoms with E-state index in [1.165, 1.54) is 11.3 Å². The topological polar surface area (TPSA) is 42.9 Å². The lowest BCUT2D eigenvalue weighted by atomic mass is 10.3. The number of pyridine rings is 1. The van der Waals surface area contributed by atoms with Crippen molar-refractivity contribution in [3.63, 3.8) is 0 Å². The van der Waals surface area contributed by atoms with E-state index in [1.807, 2.05) is 19.1 Å². The van der Waals surface area contributed by atoms with Crippen LogP contribution in [0.15, 0.2) is 24.5 Å². The van der Waals surface area contributed by atoms with Crippen molar-refractivity contribution in [2.24, 2.45) is 0 Å². The lowest BCUT2D eigenvalue weighted by molar-refractivity contribution is 0.111. The predicted molar refractivity (Wildman–Crippen MR) is 55.5 cm³/mol. The third-order valence-corrected chi connectivity index (χ3v) is 2.91. The van der Waals surface area contributed by atoms with E-state index in [0.717, 1.165) is 21.7 Å². The lowest BCUT2D eigenvalue weighted by Gasteiger charge is -1.91. The Morgan fingerprint density at radius 3 is 2.64 bits per heavy atom. The zero-order valence-electron chi connectivity index (χ0n) is 7.60. The molecule has 2 heterocycles. The smallest absolute Gasteiger partial charge is 0.169 e. The van der Waals surface area contributed by atoms with Crippen molar-refractivity contribution >= 4 is 17.6 Å². The van der Waals surface area contributed by atoms with Gasteiger partial charge in [0.25, 0.3) is 0 Å². The van der Waals surface area contributed by atoms with Crippen LogP contribution in [0.25, 0.3) is 10.6 Å². The Labute approximate surface area is 85.5 Å². The van der Waals surface area contributed by atoms with E-state index in [9.17, 15) is 4.79 Å². The van der Waals surface area contributed by atoms with Gasteiger partial charge in [0.05, 0.1) is 0 Å². The molecule has 0 aliphatic heterocycles. The summed E-state index contributed by atoms with van der Waals surface area (Å²) in [5, 5.41) is 0.868. The summed E-state index contributed by atoms with van der Waals surface area (Å²) in [5.41, 5.74) is 1.53. The maximum absolute atomic E-state index is 10.6. The minimum atomic E-state index is 0.529. The van der Waals surface area contributed by atoms with Gasteiger partial charge in [0.15, 0.2) is 6.29 Å². The molecule has 0 saturated heterocycles. The maximum atomic E-state index is 10.6. The molecule has 0 radical (unpaired) electrons. The van der Waals surface area contributed by atoms with Gasteiger partial charge in [-0.1, -0.05) is 0 Å². The van der Waals surface area contributed by atoms with Gasteiger partial charge in [-0.15, -0.1) is 11.3 Å². The van der Waals surface area contributed by atoms with Crippen molar-refractivity contribution in [3.05, 3.63) is 35.1 Å². The molecular formula is C10H8N2OS. The molecule has 0 fully saturated rings. The van der Waals surface area contributed by atoms with Gasteiger partial charge in [0.2, 0.25) is 0 Å². The van der Waals surface area contributed by atoms with Crippen LogP contribution in [-0.2, 0) is 0 Å². The van der Waals surface area contributed by atoms with Crippen LogP contribution in [0.1, 0.15) is 15.4 Å². The summed E-state index contributed by atoms with van der Waals surface area (Å²) in [7, 11) is 0. The Hall–Kier alpha value is -1.55. The molecule has 2 aromatic heterocycles. The monoisotopic (exact) mass is 204 g/mol. The number of carbonyl (C=O) groups excluding carboxylic acids is 1. The van der Waals surface area contributed by atoms with E-state index in [2.05, 4.69) is 9.97 Å². The van der Waals surface area contributed by atoms with E-state index in [0.29, 0.717) is 5.69 Å². The average Bonchev–Trinajstić information content (AvgIpc) is 2.61. The van der Waals surface area contributed by atoms with Crippen LogP contribution >= 0.6 is 11.3 Å². The van der Waals surface area contributed by atoms with E-state index in [-0.39, 0.29) is 0 Å². The second-order valence-electron chi connectivity index (χ2n) is 2.81. The molecule has 3 nitrogen and oxygen atoms in total. The number of thiazole rings is 1. The van der Waals surface area contributed by atoms with Crippen molar-refractivity contribution in [3.8, 4) is 10.6 Å². The van der Waals surface area contributed by atoms with Gasteiger partial charge in [0, 0.05) is 22.8 Å². The van der Waals surface area contributed by atoms with E-state index in [4.69, 9.17) is 0 Å². The normalized spacial score (nSPS) is 10.1. The summed E-state index contributed by atoms with van der Waals surface area (Å²) in [4.78, 5) is 19.7. The number of aryl methyl sites for hydroxylation is 1. The lowest BCUT2D eigenvalue weighted by Crippen LogP contribution is -1.82. The summed E-state index contributed by atoms with van der Waals surface area (Å²) >= 11 is 1.52. The molecule has 70 valence electrons. The SMILES string of the molecule is Cc1sc(-c2ccncc2)nc1C=O. The fourth-order valence-electron chi connectivity index (χ4n) is 1.14. The zero-order chi connectivity index (χ0) is 9.97. The third-order valence-electron chi connectivity index (χ3n) is 1.87. The van der Waals surface area contributed by atoms with E-state index >= 15 is 0 Å². The standard InChI is InChI=1S/C10H8N2OS/c1-7-9(6-13)12-10(14-7)8-2-4-11-5-3-8/h2-6H,1H3. The molecule has 0 bridgehead atoms. The summed E-state index contributed by atoms with van der Waals surface area (Å²) in [6.45, 7) is 1.89. The van der Waals surface area contributed by atoms with E-state index < -0.39 is 0 Å². The van der Waals surface area contributed by atoms with Crippen LogP contribution in [0.3, 0.4) is 0 Å². The van der Waals surface area contributed by atoms with Crippen LogP contribution in [0, 0.1) is 6.92 Å². The second-order valence-corrected chi connectivity index (χ2v) is 4.02. The quantitative estimate of drug-likeness (QED) is 0.705. The number of hydrogen-bond donors (Lipinski definition) is 0. The Balaban J connectivity index is 2.48. The Bertz CT molecular complexity index is 450. The van der Waals surface area contributed by atoms with Crippen molar-refractivity contribution in [1.82, 2.24) is 9.97 Å². The predicted octanol–water partition coefficient (Wildman–Crippen LogP) is 2.33. The molecule has 0 amide bonds. The molecule has 0 saturated carbocycles. The van der Waals surface area contributed by atoms with Gasteiger partial charge < -0.3 is 0 Å². The summed E-state index contributed by atoms with van der Waals surface area (Å²) in [5.74, 6) is 0. The van der Waals surface area contributed by atoms with Crippen LogP contribution in [0.2, 0.25) is 0 Å². The molecule has 0 aliphatic rings. The Morgan fingerprint density at radius 2 is 2.07 bits per heavy atom. The number of carbonyl (C=O) groups is 1. The second kappa shape index (κ2) is 3.67. The molecule has 14 heavy (non-hydrogen) atoms. The maximum Gasteiger partial charge on any atom is 0.169 e. The molecule has 0 unspecified atom stereocenters. The highest BCUT2D eigenvalue weighted by Gasteiger charge is 2.07. The van der Waals surface area contributed by atoms with Crippen LogP contribution < -0.4 is 0 Å². The number of rotatable bonds is 2. The highest BCUT2D eigenvalue weighted by molar-refractivity contribution is 7.15. The molecule has 2 aromatic rings. The number of aldehydes is 1. The van der Waals surface area contributed by atoms with Crippen molar-refractivity contribution in [1.29, 1.82) is 0 Å². The van der Waals surface area contributed by atoms with Gasteiger partial charge in [0.1, 0.15) is 10.7 Å². The largest absolute Gasteiger partial charge is 0.296 e. The fourth-order valence-corrected chi connectivity index (χ4v) is 2.02. The third kappa shape index (κ3) is 1.56. The fraction of sp³-hybridized carbons (Fsp3) is 0.100. The minimum absolute atomic E-state index is 0.529. The Morgan fingerprint density at radius 1 is 1.36 bits per heavy atom. The summed E-state index contributed by atoms with van der Waals surface area (Å²) in [6, 6.07) is 3.76. The van der Waals surface area contributed by atoms with Crippen molar-refractivity contribution < 1.29 is 4.79 Å².